The molecular formula is C25H39N3O3S. The zero-order chi connectivity index (χ0) is 24.3. The van der Waals surface area contributed by atoms with E-state index in [1.54, 1.807) is 30.9 Å². The van der Waals surface area contributed by atoms with Crippen molar-refractivity contribution in [3.8, 4) is 0 Å². The summed E-state index contributed by atoms with van der Waals surface area (Å²) < 4.78 is 30.2. The molecule has 2 rings (SSSR count). The Hall–Kier alpha value is -2.12. The van der Waals surface area contributed by atoms with Gasteiger partial charge in [-0.25, -0.2) is 8.42 Å². The van der Waals surface area contributed by atoms with E-state index in [0.717, 1.165) is 11.3 Å². The van der Waals surface area contributed by atoms with Crippen molar-refractivity contribution < 1.29 is 13.2 Å². The topological polar surface area (TPSA) is 62.6 Å². The second-order valence-electron chi connectivity index (χ2n) is 10.2. The highest BCUT2D eigenvalue weighted by Crippen LogP contribution is 2.25. The number of aromatic nitrogens is 1. The number of aryl methyl sites for hydroxylation is 1. The van der Waals surface area contributed by atoms with Gasteiger partial charge >= 0.3 is 0 Å². The fraction of sp³-hybridized carbons (Fsp3) is 0.560. The Labute approximate surface area is 194 Å². The molecule has 0 fully saturated rings. The molecule has 0 radical (unpaired) electrons. The molecule has 0 saturated carbocycles. The van der Waals surface area contributed by atoms with Gasteiger partial charge in [0.05, 0.1) is 18.0 Å². The number of rotatable bonds is 9. The molecule has 1 amide bonds. The maximum atomic E-state index is 13.4. The van der Waals surface area contributed by atoms with Crippen molar-refractivity contribution >= 4 is 15.9 Å². The molecule has 0 bridgehead atoms. The Morgan fingerprint density at radius 1 is 1.03 bits per heavy atom. The zero-order valence-corrected chi connectivity index (χ0v) is 21.6. The molecular weight excluding hydrogens is 422 g/mol. The van der Waals surface area contributed by atoms with Crippen LogP contribution < -0.4 is 0 Å². The van der Waals surface area contributed by atoms with Gasteiger partial charge in [0.25, 0.3) is 0 Å². The van der Waals surface area contributed by atoms with Gasteiger partial charge in [0.1, 0.15) is 0 Å². The van der Waals surface area contributed by atoms with E-state index in [0.29, 0.717) is 13.1 Å². The molecule has 0 aliphatic carbocycles. The van der Waals surface area contributed by atoms with Crippen LogP contribution in [0.25, 0.3) is 0 Å². The largest absolute Gasteiger partial charge is 0.353 e. The summed E-state index contributed by atoms with van der Waals surface area (Å²) >= 11 is 0. The average molecular weight is 462 g/mol. The van der Waals surface area contributed by atoms with E-state index >= 15 is 0 Å². The number of amides is 1. The molecule has 0 aliphatic rings. The SMILES string of the molecule is CC(C)CN(Cc1cccn1C)C(=O)CN(C(C)C)S(=O)(=O)c1ccc(C(C)(C)C)cc1. The molecule has 178 valence electrons. The number of benzene rings is 1. The fourth-order valence-corrected chi connectivity index (χ4v) is 5.18. The first-order valence-corrected chi connectivity index (χ1v) is 12.7. The van der Waals surface area contributed by atoms with Gasteiger partial charge < -0.3 is 9.47 Å². The Morgan fingerprint density at radius 3 is 2.06 bits per heavy atom. The lowest BCUT2D eigenvalue weighted by molar-refractivity contribution is -0.132. The first kappa shape index (κ1) is 26.1. The lowest BCUT2D eigenvalue weighted by Gasteiger charge is -2.30. The second-order valence-corrected chi connectivity index (χ2v) is 12.1. The molecule has 2 aromatic rings. The van der Waals surface area contributed by atoms with E-state index < -0.39 is 10.0 Å². The molecule has 1 heterocycles. The Morgan fingerprint density at radius 2 is 1.62 bits per heavy atom. The van der Waals surface area contributed by atoms with Gasteiger partial charge in [-0.05, 0) is 55.0 Å². The van der Waals surface area contributed by atoms with Crippen LogP contribution in [0.3, 0.4) is 0 Å². The van der Waals surface area contributed by atoms with Crippen LogP contribution in [0.15, 0.2) is 47.5 Å². The first-order valence-electron chi connectivity index (χ1n) is 11.2. The van der Waals surface area contributed by atoms with Gasteiger partial charge in [-0.15, -0.1) is 0 Å². The molecule has 0 unspecified atom stereocenters. The summed E-state index contributed by atoms with van der Waals surface area (Å²) in [5.41, 5.74) is 2.01. The minimum atomic E-state index is -3.81. The molecule has 1 aromatic heterocycles. The normalized spacial score (nSPS) is 12.7. The second kappa shape index (κ2) is 10.2. The van der Waals surface area contributed by atoms with Gasteiger partial charge in [0.2, 0.25) is 15.9 Å². The van der Waals surface area contributed by atoms with Crippen molar-refractivity contribution in [2.24, 2.45) is 13.0 Å². The van der Waals surface area contributed by atoms with E-state index in [1.807, 2.05) is 42.1 Å². The predicted molar refractivity (Wildman–Crippen MR) is 130 cm³/mol. The molecule has 0 N–H and O–H groups in total. The number of hydrogen-bond acceptors (Lipinski definition) is 3. The number of hydrogen-bond donors (Lipinski definition) is 0. The smallest absolute Gasteiger partial charge is 0.243 e. The highest BCUT2D eigenvalue weighted by atomic mass is 32.2. The van der Waals surface area contributed by atoms with Crippen LogP contribution in [0, 0.1) is 5.92 Å². The summed E-state index contributed by atoms with van der Waals surface area (Å²) in [5.74, 6) is 0.0803. The van der Waals surface area contributed by atoms with Crippen LogP contribution in [-0.4, -0.2) is 47.2 Å². The Bertz CT molecular complexity index is 1000. The van der Waals surface area contributed by atoms with Crippen molar-refractivity contribution in [2.75, 3.05) is 13.1 Å². The minimum Gasteiger partial charge on any atom is -0.353 e. The van der Waals surface area contributed by atoms with Gasteiger partial charge in [-0.3, -0.25) is 4.79 Å². The van der Waals surface area contributed by atoms with Crippen LogP contribution >= 0.6 is 0 Å². The Kier molecular flexibility index (Phi) is 8.34. The minimum absolute atomic E-state index is 0.0652. The molecule has 1 aromatic carbocycles. The molecule has 0 saturated heterocycles. The van der Waals surface area contributed by atoms with Crippen LogP contribution in [0.4, 0.5) is 0 Å². The molecule has 6 nitrogen and oxygen atoms in total. The zero-order valence-electron chi connectivity index (χ0n) is 20.8. The molecule has 7 heteroatoms. The van der Waals surface area contributed by atoms with Crippen molar-refractivity contribution in [2.45, 2.75) is 71.4 Å². The highest BCUT2D eigenvalue weighted by Gasteiger charge is 2.31. The van der Waals surface area contributed by atoms with Crippen LogP contribution in [0.1, 0.15) is 59.7 Å². The van der Waals surface area contributed by atoms with E-state index in [1.165, 1.54) is 4.31 Å². The van der Waals surface area contributed by atoms with E-state index in [-0.39, 0.29) is 34.7 Å². The lowest BCUT2D eigenvalue weighted by Crippen LogP contribution is -2.46. The summed E-state index contributed by atoms with van der Waals surface area (Å²) in [6.07, 6.45) is 1.94. The molecule has 0 spiro atoms. The fourth-order valence-electron chi connectivity index (χ4n) is 3.59. The predicted octanol–water partition coefficient (Wildman–Crippen LogP) is 4.41. The quantitative estimate of drug-likeness (QED) is 0.556. The molecule has 32 heavy (non-hydrogen) atoms. The third kappa shape index (κ3) is 6.45. The van der Waals surface area contributed by atoms with Gasteiger partial charge in [0, 0.05) is 31.5 Å². The summed E-state index contributed by atoms with van der Waals surface area (Å²) in [6, 6.07) is 10.6. The third-order valence-electron chi connectivity index (χ3n) is 5.54. The number of carbonyl (C=O) groups is 1. The maximum absolute atomic E-state index is 13.4. The summed E-state index contributed by atoms with van der Waals surface area (Å²) in [5, 5.41) is 0. The van der Waals surface area contributed by atoms with E-state index in [4.69, 9.17) is 0 Å². The van der Waals surface area contributed by atoms with E-state index in [2.05, 4.69) is 34.6 Å². The van der Waals surface area contributed by atoms with Crippen molar-refractivity contribution in [3.05, 3.63) is 53.9 Å². The number of carbonyl (C=O) groups excluding carboxylic acids is 1. The van der Waals surface area contributed by atoms with Gasteiger partial charge in [-0.2, -0.15) is 4.31 Å². The van der Waals surface area contributed by atoms with E-state index in [9.17, 15) is 13.2 Å². The van der Waals surface area contributed by atoms with Crippen LogP contribution in [-0.2, 0) is 33.8 Å². The van der Waals surface area contributed by atoms with Crippen LogP contribution in [0.5, 0.6) is 0 Å². The van der Waals surface area contributed by atoms with Gasteiger partial charge in [-0.1, -0.05) is 46.8 Å². The monoisotopic (exact) mass is 461 g/mol. The third-order valence-corrected chi connectivity index (χ3v) is 7.57. The molecule has 0 atom stereocenters. The van der Waals surface area contributed by atoms with Crippen molar-refractivity contribution in [1.82, 2.24) is 13.8 Å². The van der Waals surface area contributed by atoms with Crippen molar-refractivity contribution in [3.63, 3.8) is 0 Å². The first-order chi connectivity index (χ1) is 14.7. The lowest BCUT2D eigenvalue weighted by atomic mass is 9.87. The summed E-state index contributed by atoms with van der Waals surface area (Å²) in [6.45, 7) is 14.8. The average Bonchev–Trinajstić information content (AvgIpc) is 3.08. The summed E-state index contributed by atoms with van der Waals surface area (Å²) in [7, 11) is -1.87. The van der Waals surface area contributed by atoms with Crippen LogP contribution in [0.2, 0.25) is 0 Å². The number of sulfonamides is 1. The molecule has 0 aliphatic heterocycles. The Balaban J connectivity index is 2.29. The maximum Gasteiger partial charge on any atom is 0.243 e. The van der Waals surface area contributed by atoms with Gasteiger partial charge in [0.15, 0.2) is 0 Å². The summed E-state index contributed by atoms with van der Waals surface area (Å²) in [4.78, 5) is 15.3. The number of nitrogens with zero attached hydrogens (tertiary/aromatic N) is 3. The van der Waals surface area contributed by atoms with Crippen molar-refractivity contribution in [1.29, 1.82) is 0 Å². The highest BCUT2D eigenvalue weighted by molar-refractivity contribution is 7.89. The standard InChI is InChI=1S/C25H39N3O3S/c1-19(2)16-27(17-22-10-9-15-26(22)8)24(29)18-28(20(3)4)32(30,31)23-13-11-21(12-14-23)25(5,6)7/h9-15,19-20H,16-18H2,1-8H3.